The van der Waals surface area contributed by atoms with Crippen molar-refractivity contribution in [2.75, 3.05) is 10.8 Å². The third kappa shape index (κ3) is 8.10. The van der Waals surface area contributed by atoms with Gasteiger partial charge >= 0.3 is 0 Å². The van der Waals surface area contributed by atoms with Crippen molar-refractivity contribution in [2.24, 2.45) is 0 Å². The molecule has 7 nitrogen and oxygen atoms in total. The predicted molar refractivity (Wildman–Crippen MR) is 183 cm³/mol. The van der Waals surface area contributed by atoms with Crippen LogP contribution < -0.4 is 9.62 Å². The Morgan fingerprint density at radius 1 is 0.870 bits per heavy atom. The zero-order valence-electron chi connectivity index (χ0n) is 25.6. The van der Waals surface area contributed by atoms with E-state index in [1.165, 1.54) is 29.2 Å². The second-order valence-corrected chi connectivity index (χ2v) is 14.3. The number of benzene rings is 4. The third-order valence-corrected chi connectivity index (χ3v) is 10.7. The quantitative estimate of drug-likeness (QED) is 0.172. The molecule has 240 valence electrons. The molecule has 1 atom stereocenters. The van der Waals surface area contributed by atoms with Crippen LogP contribution in [0.2, 0.25) is 10.0 Å². The Bertz CT molecular complexity index is 1760. The first kappa shape index (κ1) is 33.5. The van der Waals surface area contributed by atoms with Crippen LogP contribution in [0.25, 0.3) is 0 Å². The van der Waals surface area contributed by atoms with Crippen molar-refractivity contribution in [1.82, 2.24) is 10.2 Å². The van der Waals surface area contributed by atoms with Crippen LogP contribution >= 0.6 is 23.2 Å². The first-order chi connectivity index (χ1) is 22.1. The molecule has 1 saturated carbocycles. The third-order valence-electron chi connectivity index (χ3n) is 8.36. The molecule has 1 fully saturated rings. The van der Waals surface area contributed by atoms with Gasteiger partial charge in [-0.15, -0.1) is 0 Å². The fourth-order valence-electron chi connectivity index (χ4n) is 5.80. The molecule has 0 radical (unpaired) electrons. The average molecular weight is 679 g/mol. The number of anilines is 1. The lowest BCUT2D eigenvalue weighted by Crippen LogP contribution is -2.54. The van der Waals surface area contributed by atoms with E-state index in [4.69, 9.17) is 23.2 Å². The van der Waals surface area contributed by atoms with Gasteiger partial charge in [0.05, 0.1) is 15.6 Å². The number of nitrogens with one attached hydrogen (secondary N) is 1. The highest BCUT2D eigenvalue weighted by Crippen LogP contribution is 2.33. The lowest BCUT2D eigenvalue weighted by molar-refractivity contribution is -0.140. The maximum Gasteiger partial charge on any atom is 0.264 e. The number of carbonyl (C=O) groups is 2. The number of carbonyl (C=O) groups excluding carboxylic acids is 2. The summed E-state index contributed by atoms with van der Waals surface area (Å²) in [6.07, 6.45) is 4.08. The molecule has 1 aliphatic carbocycles. The Hall–Kier alpha value is -3.85. The number of amides is 2. The minimum Gasteiger partial charge on any atom is -0.352 e. The Labute approximate surface area is 281 Å². The minimum atomic E-state index is -4.28. The molecule has 4 aromatic rings. The van der Waals surface area contributed by atoms with Crippen molar-refractivity contribution in [3.05, 3.63) is 130 Å². The van der Waals surface area contributed by atoms with Gasteiger partial charge in [0.2, 0.25) is 11.8 Å². The largest absolute Gasteiger partial charge is 0.352 e. The molecule has 0 aromatic heterocycles. The van der Waals surface area contributed by atoms with Gasteiger partial charge in [-0.1, -0.05) is 109 Å². The van der Waals surface area contributed by atoms with E-state index in [0.717, 1.165) is 46.7 Å². The lowest BCUT2D eigenvalue weighted by atomic mass is 10.0. The highest BCUT2D eigenvalue weighted by Gasteiger charge is 2.36. The van der Waals surface area contributed by atoms with Gasteiger partial charge in [-0.05, 0) is 66.8 Å². The molecule has 5 rings (SSSR count). The van der Waals surface area contributed by atoms with Crippen LogP contribution in [0.1, 0.15) is 42.4 Å². The Balaban J connectivity index is 1.59. The molecular weight excluding hydrogens is 641 g/mol. The normalized spacial score (nSPS) is 14.1. The van der Waals surface area contributed by atoms with E-state index in [9.17, 15) is 18.0 Å². The van der Waals surface area contributed by atoms with E-state index in [1.54, 1.807) is 24.3 Å². The summed E-state index contributed by atoms with van der Waals surface area (Å²) in [5.41, 5.74) is 2.74. The standard InChI is InChI=1S/C36H37Cl2N3O4S/c1-26-12-8-9-15-28(26)24-40(34(22-27-13-4-2-5-14-27)36(43)39-30-16-10-11-17-30)35(42)25-41(33-23-29(37)20-21-32(33)38)46(44,45)31-18-6-3-7-19-31/h2-9,12-15,18-21,23,30,34H,10-11,16-17,22,24-25H2,1H3,(H,39,43). The second kappa shape index (κ2) is 15.2. The Kier molecular flexibility index (Phi) is 11.0. The van der Waals surface area contributed by atoms with E-state index >= 15 is 0 Å². The summed E-state index contributed by atoms with van der Waals surface area (Å²) in [5.74, 6) is -0.822. The highest BCUT2D eigenvalue weighted by molar-refractivity contribution is 7.92. The van der Waals surface area contributed by atoms with Gasteiger partial charge in [-0.25, -0.2) is 8.42 Å². The monoisotopic (exact) mass is 677 g/mol. The van der Waals surface area contributed by atoms with Crippen molar-refractivity contribution in [3.8, 4) is 0 Å². The Morgan fingerprint density at radius 2 is 1.50 bits per heavy atom. The summed E-state index contributed by atoms with van der Waals surface area (Å²) in [4.78, 5) is 30.3. The number of hydrogen-bond acceptors (Lipinski definition) is 4. The van der Waals surface area contributed by atoms with Crippen molar-refractivity contribution in [1.29, 1.82) is 0 Å². The summed E-state index contributed by atoms with van der Waals surface area (Å²) in [6.45, 7) is 1.44. The number of sulfonamides is 1. The van der Waals surface area contributed by atoms with Crippen molar-refractivity contribution >= 4 is 50.7 Å². The average Bonchev–Trinajstić information content (AvgIpc) is 3.57. The molecule has 1 unspecified atom stereocenters. The van der Waals surface area contributed by atoms with E-state index in [-0.39, 0.29) is 45.5 Å². The van der Waals surface area contributed by atoms with Gasteiger partial charge in [0.1, 0.15) is 12.6 Å². The molecule has 0 saturated heterocycles. The van der Waals surface area contributed by atoms with Gasteiger partial charge in [0.15, 0.2) is 0 Å². The van der Waals surface area contributed by atoms with Crippen molar-refractivity contribution in [3.63, 3.8) is 0 Å². The first-order valence-corrected chi connectivity index (χ1v) is 17.5. The molecule has 0 spiro atoms. The number of halogens is 2. The molecular formula is C36H37Cl2N3O4S. The maximum atomic E-state index is 14.7. The topological polar surface area (TPSA) is 86.8 Å². The van der Waals surface area contributed by atoms with Gasteiger partial charge in [0, 0.05) is 24.0 Å². The van der Waals surface area contributed by atoms with Gasteiger partial charge in [-0.3, -0.25) is 13.9 Å². The molecule has 0 bridgehead atoms. The molecule has 4 aromatic carbocycles. The van der Waals surface area contributed by atoms with Crippen LogP contribution in [-0.2, 0) is 32.6 Å². The van der Waals surface area contributed by atoms with Crippen LogP contribution in [0.4, 0.5) is 5.69 Å². The van der Waals surface area contributed by atoms with E-state index < -0.39 is 28.5 Å². The summed E-state index contributed by atoms with van der Waals surface area (Å²) in [6, 6.07) is 28.6. The summed E-state index contributed by atoms with van der Waals surface area (Å²) >= 11 is 12.9. The first-order valence-electron chi connectivity index (χ1n) is 15.3. The zero-order chi connectivity index (χ0) is 32.7. The van der Waals surface area contributed by atoms with Crippen LogP contribution in [0.5, 0.6) is 0 Å². The molecule has 1 N–H and O–H groups in total. The number of hydrogen-bond donors (Lipinski definition) is 1. The van der Waals surface area contributed by atoms with Crippen LogP contribution in [0, 0.1) is 6.92 Å². The molecule has 0 heterocycles. The predicted octanol–water partition coefficient (Wildman–Crippen LogP) is 7.20. The van der Waals surface area contributed by atoms with Gasteiger partial charge in [0.25, 0.3) is 10.0 Å². The van der Waals surface area contributed by atoms with Crippen molar-refractivity contribution < 1.29 is 18.0 Å². The molecule has 10 heteroatoms. The fraction of sp³-hybridized carbons (Fsp3) is 0.278. The van der Waals surface area contributed by atoms with Gasteiger partial charge < -0.3 is 10.2 Å². The summed E-state index contributed by atoms with van der Waals surface area (Å²) < 4.78 is 29.3. The van der Waals surface area contributed by atoms with E-state index in [1.807, 2.05) is 61.5 Å². The second-order valence-electron chi connectivity index (χ2n) is 11.6. The summed E-state index contributed by atoms with van der Waals surface area (Å²) in [5, 5.41) is 3.56. The summed E-state index contributed by atoms with van der Waals surface area (Å²) in [7, 11) is -4.28. The fourth-order valence-corrected chi connectivity index (χ4v) is 7.68. The maximum absolute atomic E-state index is 14.7. The van der Waals surface area contributed by atoms with Crippen LogP contribution in [-0.4, -0.2) is 43.8 Å². The zero-order valence-corrected chi connectivity index (χ0v) is 27.9. The molecule has 1 aliphatic rings. The van der Waals surface area contributed by atoms with Crippen LogP contribution in [0.3, 0.4) is 0 Å². The van der Waals surface area contributed by atoms with Crippen LogP contribution in [0.15, 0.2) is 108 Å². The number of aryl methyl sites for hydroxylation is 1. The minimum absolute atomic E-state index is 0.0101. The number of nitrogens with zero attached hydrogens (tertiary/aromatic N) is 2. The molecule has 46 heavy (non-hydrogen) atoms. The smallest absolute Gasteiger partial charge is 0.264 e. The van der Waals surface area contributed by atoms with E-state index in [2.05, 4.69) is 5.32 Å². The van der Waals surface area contributed by atoms with Crippen molar-refractivity contribution in [2.45, 2.75) is 62.6 Å². The lowest BCUT2D eigenvalue weighted by Gasteiger charge is -2.35. The van der Waals surface area contributed by atoms with Gasteiger partial charge in [-0.2, -0.15) is 0 Å². The van der Waals surface area contributed by atoms with E-state index in [0.29, 0.717) is 0 Å². The Morgan fingerprint density at radius 3 is 2.17 bits per heavy atom. The number of rotatable bonds is 12. The molecule has 2 amide bonds. The molecule has 0 aliphatic heterocycles. The highest BCUT2D eigenvalue weighted by atomic mass is 35.5. The SMILES string of the molecule is Cc1ccccc1CN(C(=O)CN(c1cc(Cl)ccc1Cl)S(=O)(=O)c1ccccc1)C(Cc1ccccc1)C(=O)NC1CCCC1.